The maximum absolute atomic E-state index is 12.6. The third-order valence-corrected chi connectivity index (χ3v) is 8.00. The van der Waals surface area contributed by atoms with Crippen molar-refractivity contribution in [2.75, 3.05) is 13.2 Å². The van der Waals surface area contributed by atoms with Crippen LogP contribution in [-0.2, 0) is 4.74 Å². The van der Waals surface area contributed by atoms with E-state index in [4.69, 9.17) is 23.0 Å². The van der Waals surface area contributed by atoms with E-state index in [9.17, 15) is 9.59 Å². The summed E-state index contributed by atoms with van der Waals surface area (Å²) in [4.78, 5) is 34.0. The summed E-state index contributed by atoms with van der Waals surface area (Å²) in [5.41, 5.74) is 0.475. The first-order chi connectivity index (χ1) is 19.2. The van der Waals surface area contributed by atoms with Gasteiger partial charge in [0.2, 0.25) is 0 Å². The van der Waals surface area contributed by atoms with Crippen LogP contribution in [0.1, 0.15) is 70.9 Å². The summed E-state index contributed by atoms with van der Waals surface area (Å²) in [6.45, 7) is 12.3. The summed E-state index contributed by atoms with van der Waals surface area (Å²) < 4.78 is 29.4. The Bertz CT molecular complexity index is 1580. The molecule has 0 bridgehead atoms. The molecule has 9 nitrogen and oxygen atoms in total. The van der Waals surface area contributed by atoms with E-state index in [2.05, 4.69) is 9.97 Å². The predicted molar refractivity (Wildman–Crippen MR) is 153 cm³/mol. The third kappa shape index (κ3) is 6.04. The number of aromatic nitrogens is 2. The molecular formula is C31H38N2O7. The van der Waals surface area contributed by atoms with Gasteiger partial charge in [-0.2, -0.15) is 9.97 Å². The van der Waals surface area contributed by atoms with Gasteiger partial charge < -0.3 is 23.0 Å². The number of hydrogen-bond acceptors (Lipinski definition) is 9. The molecule has 4 rings (SSSR count). The molecule has 0 saturated carbocycles. The standard InChI is InChI=1S/C31H38N2O7/c1-7-30(8-2,40-29-33-23-16-12-14-21(6)25(23)27(35)39-29)17-18-37-31(9-3,10-4)19-36-28-32-22-15-11-13-20(5)24(22)26(34)38-28/h11-16H,7-10,17-19H2,1-6H3. The molecule has 2 aromatic heterocycles. The molecule has 0 unspecified atom stereocenters. The topological polar surface area (TPSA) is 114 Å². The lowest BCUT2D eigenvalue weighted by Crippen LogP contribution is -2.42. The Morgan fingerprint density at radius 2 is 1.23 bits per heavy atom. The zero-order chi connectivity index (χ0) is 28.9. The van der Waals surface area contributed by atoms with Gasteiger partial charge in [-0.3, -0.25) is 0 Å². The zero-order valence-electron chi connectivity index (χ0n) is 24.2. The van der Waals surface area contributed by atoms with Crippen LogP contribution in [0.2, 0.25) is 0 Å². The van der Waals surface area contributed by atoms with E-state index in [1.54, 1.807) is 12.1 Å². The first kappa shape index (κ1) is 29.3. The van der Waals surface area contributed by atoms with Crippen LogP contribution in [0.15, 0.2) is 54.8 Å². The molecule has 0 fully saturated rings. The smallest absolute Gasteiger partial charge is 0.397 e. The van der Waals surface area contributed by atoms with Gasteiger partial charge in [0.25, 0.3) is 0 Å². The maximum atomic E-state index is 12.6. The Balaban J connectivity index is 1.46. The van der Waals surface area contributed by atoms with Crippen LogP contribution in [0.5, 0.6) is 12.2 Å². The molecule has 0 amide bonds. The molecule has 0 saturated heterocycles. The summed E-state index contributed by atoms with van der Waals surface area (Å²) in [6, 6.07) is 10.9. The van der Waals surface area contributed by atoms with E-state index in [0.29, 0.717) is 60.5 Å². The van der Waals surface area contributed by atoms with Crippen LogP contribution in [0.4, 0.5) is 0 Å². The molecule has 0 aliphatic heterocycles. The normalized spacial score (nSPS) is 12.2. The Morgan fingerprint density at radius 3 is 1.75 bits per heavy atom. The molecule has 4 aromatic rings. The quantitative estimate of drug-likeness (QED) is 0.189. The first-order valence-electron chi connectivity index (χ1n) is 14.0. The van der Waals surface area contributed by atoms with E-state index in [0.717, 1.165) is 11.1 Å². The fraction of sp³-hybridized carbons (Fsp3) is 0.484. The third-order valence-electron chi connectivity index (χ3n) is 8.00. The number of rotatable bonds is 13. The fourth-order valence-corrected chi connectivity index (χ4v) is 4.96. The van der Waals surface area contributed by atoms with Crippen molar-refractivity contribution in [3.63, 3.8) is 0 Å². The Kier molecular flexibility index (Phi) is 8.93. The second-order valence-electron chi connectivity index (χ2n) is 10.2. The van der Waals surface area contributed by atoms with Gasteiger partial charge in [0.1, 0.15) is 17.8 Å². The van der Waals surface area contributed by atoms with E-state index in [1.807, 2.05) is 65.8 Å². The second kappa shape index (κ2) is 12.2. The minimum Gasteiger partial charge on any atom is -0.447 e. The van der Waals surface area contributed by atoms with Crippen molar-refractivity contribution in [3.05, 3.63) is 68.4 Å². The molecule has 9 heteroatoms. The monoisotopic (exact) mass is 550 g/mol. The molecule has 0 N–H and O–H groups in total. The molecule has 2 heterocycles. The molecular weight excluding hydrogens is 512 g/mol. The zero-order valence-corrected chi connectivity index (χ0v) is 24.2. The minimum absolute atomic E-state index is 0.0416. The molecule has 0 aliphatic rings. The lowest BCUT2D eigenvalue weighted by molar-refractivity contribution is -0.101. The van der Waals surface area contributed by atoms with Gasteiger partial charge in [-0.25, -0.2) is 9.59 Å². The minimum atomic E-state index is -0.640. The average molecular weight is 551 g/mol. The van der Waals surface area contributed by atoms with Gasteiger partial charge in [0.05, 0.1) is 28.4 Å². The molecule has 0 atom stereocenters. The van der Waals surface area contributed by atoms with E-state index in [-0.39, 0.29) is 18.8 Å². The Hall–Kier alpha value is -3.72. The largest absolute Gasteiger partial charge is 0.447 e. The van der Waals surface area contributed by atoms with E-state index >= 15 is 0 Å². The second-order valence-corrected chi connectivity index (χ2v) is 10.2. The highest BCUT2D eigenvalue weighted by Gasteiger charge is 2.34. The molecule has 0 radical (unpaired) electrons. The summed E-state index contributed by atoms with van der Waals surface area (Å²) in [5.74, 6) is 0. The highest BCUT2D eigenvalue weighted by Crippen LogP contribution is 2.30. The highest BCUT2D eigenvalue weighted by molar-refractivity contribution is 5.81. The van der Waals surface area contributed by atoms with Gasteiger partial charge in [-0.15, -0.1) is 0 Å². The average Bonchev–Trinajstić information content (AvgIpc) is 2.94. The van der Waals surface area contributed by atoms with Gasteiger partial charge in [0.15, 0.2) is 0 Å². The van der Waals surface area contributed by atoms with Gasteiger partial charge in [-0.1, -0.05) is 52.0 Å². The van der Waals surface area contributed by atoms with Crippen LogP contribution < -0.4 is 20.7 Å². The van der Waals surface area contributed by atoms with Crippen molar-refractivity contribution in [2.24, 2.45) is 0 Å². The summed E-state index contributed by atoms with van der Waals surface area (Å²) in [7, 11) is 0. The summed E-state index contributed by atoms with van der Waals surface area (Å²) in [6.07, 6.45) is 3.10. The molecule has 40 heavy (non-hydrogen) atoms. The van der Waals surface area contributed by atoms with Gasteiger partial charge in [0, 0.05) is 6.42 Å². The van der Waals surface area contributed by atoms with E-state index < -0.39 is 22.5 Å². The molecule has 2 aromatic carbocycles. The SMILES string of the molecule is CCC(CC)(COc1nc2cccc(C)c2c(=O)o1)OCCC(CC)(CC)Oc1nc2cccc(C)c2c(=O)o1. The number of aryl methyl sites for hydroxylation is 2. The van der Waals surface area contributed by atoms with Gasteiger partial charge >= 0.3 is 23.4 Å². The summed E-state index contributed by atoms with van der Waals surface area (Å²) in [5, 5.41) is 0.907. The first-order valence-corrected chi connectivity index (χ1v) is 14.0. The maximum Gasteiger partial charge on any atom is 0.397 e. The number of hydrogen-bond donors (Lipinski definition) is 0. The van der Waals surface area contributed by atoms with E-state index in [1.165, 1.54) is 0 Å². The molecule has 214 valence electrons. The summed E-state index contributed by atoms with van der Waals surface area (Å²) >= 11 is 0. The van der Waals surface area contributed by atoms with Crippen LogP contribution in [0.25, 0.3) is 21.8 Å². The number of benzene rings is 2. The van der Waals surface area contributed by atoms with Crippen LogP contribution in [-0.4, -0.2) is 34.4 Å². The highest BCUT2D eigenvalue weighted by atomic mass is 16.6. The fourth-order valence-electron chi connectivity index (χ4n) is 4.96. The molecule has 0 spiro atoms. The van der Waals surface area contributed by atoms with Crippen LogP contribution >= 0.6 is 0 Å². The lowest BCUT2D eigenvalue weighted by Gasteiger charge is -2.35. The number of ether oxygens (including phenoxy) is 3. The van der Waals surface area contributed by atoms with Gasteiger partial charge in [-0.05, 0) is 62.8 Å². The van der Waals surface area contributed by atoms with Crippen molar-refractivity contribution < 1.29 is 23.0 Å². The van der Waals surface area contributed by atoms with Crippen molar-refractivity contribution in [1.82, 2.24) is 9.97 Å². The van der Waals surface area contributed by atoms with Crippen molar-refractivity contribution in [3.8, 4) is 12.2 Å². The molecule has 0 aliphatic carbocycles. The van der Waals surface area contributed by atoms with Crippen molar-refractivity contribution >= 4 is 21.8 Å². The van der Waals surface area contributed by atoms with Crippen molar-refractivity contribution in [2.45, 2.75) is 84.8 Å². The van der Waals surface area contributed by atoms with Crippen LogP contribution in [0, 0.1) is 13.8 Å². The Morgan fingerprint density at radius 1 is 0.725 bits per heavy atom. The van der Waals surface area contributed by atoms with Crippen LogP contribution in [0.3, 0.4) is 0 Å². The predicted octanol–water partition coefficient (Wildman–Crippen LogP) is 6.29. The Labute approximate surface area is 233 Å². The number of nitrogens with zero attached hydrogens (tertiary/aromatic N) is 2. The lowest BCUT2D eigenvalue weighted by atomic mass is 9.93. The number of fused-ring (bicyclic) bond motifs is 2. The van der Waals surface area contributed by atoms with Crippen molar-refractivity contribution in [1.29, 1.82) is 0 Å².